The van der Waals surface area contributed by atoms with Gasteiger partial charge >= 0.3 is 5.97 Å². The summed E-state index contributed by atoms with van der Waals surface area (Å²) in [5.41, 5.74) is 0.670. The van der Waals surface area contributed by atoms with Crippen LogP contribution in [0.15, 0.2) is 54.6 Å². The predicted molar refractivity (Wildman–Crippen MR) is 96.4 cm³/mol. The molecule has 0 N–H and O–H groups in total. The first-order chi connectivity index (χ1) is 13.0. The van der Waals surface area contributed by atoms with Gasteiger partial charge in [0, 0.05) is 29.8 Å². The molecule has 1 aliphatic carbocycles. The second-order valence-electron chi connectivity index (χ2n) is 6.31. The number of carbonyl (C=O) groups excluding carboxylic acids is 2. The third-order valence-corrected chi connectivity index (χ3v) is 4.25. The molecule has 27 heavy (non-hydrogen) atoms. The third kappa shape index (κ3) is 5.23. The second-order valence-corrected chi connectivity index (χ2v) is 6.31. The average Bonchev–Trinajstić information content (AvgIpc) is 3.50. The minimum Gasteiger partial charge on any atom is -0.452 e. The van der Waals surface area contributed by atoms with Crippen LogP contribution in [0.3, 0.4) is 0 Å². The first-order valence-electron chi connectivity index (χ1n) is 8.67. The van der Waals surface area contributed by atoms with Crippen molar-refractivity contribution in [3.05, 3.63) is 77.4 Å². The number of hydrogen-bond acceptors (Lipinski definition) is 3. The van der Waals surface area contributed by atoms with Crippen LogP contribution in [0, 0.1) is 11.6 Å². The van der Waals surface area contributed by atoms with Crippen molar-refractivity contribution in [2.45, 2.75) is 25.4 Å². The SMILES string of the molecule is O=C(/C=C/c1ccccc1F)OCC(=O)N(Cc1ccccc1F)C1CC1. The number of halogens is 2. The van der Waals surface area contributed by atoms with Crippen molar-refractivity contribution in [1.82, 2.24) is 4.90 Å². The lowest BCUT2D eigenvalue weighted by Gasteiger charge is -2.22. The maximum Gasteiger partial charge on any atom is 0.331 e. The van der Waals surface area contributed by atoms with Crippen molar-refractivity contribution in [2.24, 2.45) is 0 Å². The molecule has 3 rings (SSSR count). The van der Waals surface area contributed by atoms with Crippen LogP contribution in [0.1, 0.15) is 24.0 Å². The highest BCUT2D eigenvalue weighted by molar-refractivity contribution is 5.89. The molecule has 0 aliphatic heterocycles. The monoisotopic (exact) mass is 371 g/mol. The minimum absolute atomic E-state index is 0.0461. The average molecular weight is 371 g/mol. The van der Waals surface area contributed by atoms with E-state index in [1.807, 2.05) is 0 Å². The topological polar surface area (TPSA) is 46.6 Å². The molecule has 4 nitrogen and oxygen atoms in total. The molecule has 0 saturated heterocycles. The summed E-state index contributed by atoms with van der Waals surface area (Å²) in [6.45, 7) is -0.301. The second kappa shape index (κ2) is 8.58. The standard InChI is InChI=1S/C21H19F2NO3/c22-18-7-3-1-5-15(18)9-12-21(26)27-14-20(25)24(17-10-11-17)13-16-6-2-4-8-19(16)23/h1-9,12,17H,10-11,13-14H2/b12-9+. The number of hydrogen-bond donors (Lipinski definition) is 0. The van der Waals surface area contributed by atoms with Gasteiger partial charge < -0.3 is 9.64 Å². The zero-order chi connectivity index (χ0) is 19.2. The molecule has 0 atom stereocenters. The van der Waals surface area contributed by atoms with Gasteiger partial charge in [-0.3, -0.25) is 4.79 Å². The number of esters is 1. The molecule has 0 heterocycles. The Balaban J connectivity index is 1.56. The molecule has 0 bridgehead atoms. The lowest BCUT2D eigenvalue weighted by atomic mass is 10.2. The van der Waals surface area contributed by atoms with E-state index in [0.717, 1.165) is 18.9 Å². The molecule has 0 unspecified atom stereocenters. The molecular weight excluding hydrogens is 352 g/mol. The predicted octanol–water partition coefficient (Wildman–Crippen LogP) is 3.71. The summed E-state index contributed by atoms with van der Waals surface area (Å²) in [5.74, 6) is -1.95. The van der Waals surface area contributed by atoms with Gasteiger partial charge in [-0.1, -0.05) is 36.4 Å². The van der Waals surface area contributed by atoms with Crippen molar-refractivity contribution in [3.63, 3.8) is 0 Å². The van der Waals surface area contributed by atoms with Crippen LogP contribution in [0.4, 0.5) is 8.78 Å². The molecule has 1 aliphatic rings. The zero-order valence-electron chi connectivity index (χ0n) is 14.6. The Kier molecular flexibility index (Phi) is 5.96. The van der Waals surface area contributed by atoms with E-state index in [1.54, 1.807) is 30.3 Å². The smallest absolute Gasteiger partial charge is 0.331 e. The van der Waals surface area contributed by atoms with E-state index in [-0.39, 0.29) is 29.9 Å². The summed E-state index contributed by atoms with van der Waals surface area (Å²) < 4.78 is 32.3. The van der Waals surface area contributed by atoms with E-state index < -0.39 is 18.4 Å². The van der Waals surface area contributed by atoms with Crippen LogP contribution in [0.2, 0.25) is 0 Å². The Labute approximate surface area is 156 Å². The molecule has 2 aromatic carbocycles. The maximum absolute atomic E-state index is 13.8. The lowest BCUT2D eigenvalue weighted by Crippen LogP contribution is -2.36. The van der Waals surface area contributed by atoms with E-state index in [2.05, 4.69) is 0 Å². The largest absolute Gasteiger partial charge is 0.452 e. The van der Waals surface area contributed by atoms with Gasteiger partial charge in [-0.05, 0) is 31.1 Å². The number of benzene rings is 2. The number of carbonyl (C=O) groups is 2. The van der Waals surface area contributed by atoms with E-state index in [4.69, 9.17) is 4.74 Å². The van der Waals surface area contributed by atoms with Crippen molar-refractivity contribution >= 4 is 18.0 Å². The third-order valence-electron chi connectivity index (χ3n) is 4.25. The summed E-state index contributed by atoms with van der Waals surface area (Å²) in [5, 5.41) is 0. The maximum atomic E-state index is 13.8. The fraction of sp³-hybridized carbons (Fsp3) is 0.238. The minimum atomic E-state index is -0.742. The quantitative estimate of drug-likeness (QED) is 0.551. The molecule has 1 saturated carbocycles. The molecule has 1 fully saturated rings. The normalized spacial score (nSPS) is 13.6. The summed E-state index contributed by atoms with van der Waals surface area (Å²) in [7, 11) is 0. The van der Waals surface area contributed by atoms with Gasteiger partial charge in [-0.25, -0.2) is 13.6 Å². The van der Waals surface area contributed by atoms with Gasteiger partial charge in [0.25, 0.3) is 5.91 Å². The van der Waals surface area contributed by atoms with Crippen LogP contribution in [0.5, 0.6) is 0 Å². The lowest BCUT2D eigenvalue weighted by molar-refractivity contribution is -0.148. The van der Waals surface area contributed by atoms with Crippen molar-refractivity contribution in [2.75, 3.05) is 6.61 Å². The first-order valence-corrected chi connectivity index (χ1v) is 8.67. The number of amides is 1. The van der Waals surface area contributed by atoms with Crippen molar-refractivity contribution in [3.8, 4) is 0 Å². The van der Waals surface area contributed by atoms with Crippen LogP contribution >= 0.6 is 0 Å². The van der Waals surface area contributed by atoms with Crippen LogP contribution in [-0.2, 0) is 20.9 Å². The van der Waals surface area contributed by atoms with E-state index in [0.29, 0.717) is 5.56 Å². The van der Waals surface area contributed by atoms with Crippen LogP contribution in [-0.4, -0.2) is 29.4 Å². The fourth-order valence-corrected chi connectivity index (χ4v) is 2.65. The van der Waals surface area contributed by atoms with Gasteiger partial charge in [0.15, 0.2) is 6.61 Å². The summed E-state index contributed by atoms with van der Waals surface area (Å²) >= 11 is 0. The highest BCUT2D eigenvalue weighted by Crippen LogP contribution is 2.29. The Morgan fingerprint density at radius 1 is 1.04 bits per heavy atom. The Morgan fingerprint density at radius 3 is 2.37 bits per heavy atom. The van der Waals surface area contributed by atoms with Crippen molar-refractivity contribution < 1.29 is 23.1 Å². The number of nitrogens with zero attached hydrogens (tertiary/aromatic N) is 1. The highest BCUT2D eigenvalue weighted by atomic mass is 19.1. The summed E-state index contributed by atoms with van der Waals surface area (Å²) in [6, 6.07) is 12.3. The summed E-state index contributed by atoms with van der Waals surface area (Å²) in [6.07, 6.45) is 4.06. The van der Waals surface area contributed by atoms with Crippen LogP contribution in [0.25, 0.3) is 6.08 Å². The molecule has 6 heteroatoms. The Morgan fingerprint density at radius 2 is 1.70 bits per heavy atom. The summed E-state index contributed by atoms with van der Waals surface area (Å²) in [4.78, 5) is 25.7. The number of ether oxygens (including phenoxy) is 1. The van der Waals surface area contributed by atoms with E-state index >= 15 is 0 Å². The van der Waals surface area contributed by atoms with Gasteiger partial charge in [-0.2, -0.15) is 0 Å². The molecule has 140 valence electrons. The molecule has 2 aromatic rings. The Hall–Kier alpha value is -3.02. The van der Waals surface area contributed by atoms with E-state index in [9.17, 15) is 18.4 Å². The van der Waals surface area contributed by atoms with Gasteiger partial charge in [0.1, 0.15) is 11.6 Å². The first kappa shape index (κ1) is 18.8. The van der Waals surface area contributed by atoms with Crippen molar-refractivity contribution in [1.29, 1.82) is 0 Å². The van der Waals surface area contributed by atoms with Gasteiger partial charge in [-0.15, -0.1) is 0 Å². The fourth-order valence-electron chi connectivity index (χ4n) is 2.65. The Bertz CT molecular complexity index is 862. The molecule has 0 spiro atoms. The molecule has 0 aromatic heterocycles. The van der Waals surface area contributed by atoms with Gasteiger partial charge in [0.05, 0.1) is 0 Å². The molecule has 0 radical (unpaired) electrons. The highest BCUT2D eigenvalue weighted by Gasteiger charge is 2.33. The van der Waals surface area contributed by atoms with Gasteiger partial charge in [0.2, 0.25) is 0 Å². The van der Waals surface area contributed by atoms with Crippen LogP contribution < -0.4 is 0 Å². The number of rotatable bonds is 7. The molecular formula is C21H19F2NO3. The zero-order valence-corrected chi connectivity index (χ0v) is 14.6. The molecule has 1 amide bonds. The van der Waals surface area contributed by atoms with E-state index in [1.165, 1.54) is 29.2 Å².